The maximum absolute atomic E-state index is 3.71. The molecule has 8 aromatic rings. The number of nitrogens with one attached hydrogen (secondary N) is 1. The summed E-state index contributed by atoms with van der Waals surface area (Å²) in [6, 6.07) is 63.7. The Labute approximate surface area is 287 Å². The van der Waals surface area contributed by atoms with Gasteiger partial charge < -0.3 is 10.2 Å². The Hall–Kier alpha value is -6.12. The lowest BCUT2D eigenvalue weighted by atomic mass is 9.82. The average molecular weight is 629 g/mol. The molecule has 0 atom stereocenters. The Morgan fingerprint density at radius 2 is 0.959 bits per heavy atom. The van der Waals surface area contributed by atoms with Crippen molar-refractivity contribution in [1.82, 2.24) is 0 Å². The van der Waals surface area contributed by atoms with E-state index in [1.54, 1.807) is 0 Å². The van der Waals surface area contributed by atoms with Crippen LogP contribution in [0.1, 0.15) is 25.0 Å². The highest BCUT2D eigenvalue weighted by molar-refractivity contribution is 6.05. The molecule has 0 bridgehead atoms. The largest absolute Gasteiger partial charge is 0.356 e. The van der Waals surface area contributed by atoms with Gasteiger partial charge >= 0.3 is 0 Å². The zero-order valence-electron chi connectivity index (χ0n) is 27.7. The molecule has 1 aliphatic carbocycles. The number of hydrogen-bond acceptors (Lipinski definition) is 2. The van der Waals surface area contributed by atoms with Crippen LogP contribution in [0.3, 0.4) is 0 Å². The predicted octanol–water partition coefficient (Wildman–Crippen LogP) is 13.2. The summed E-state index contributed by atoms with van der Waals surface area (Å²) in [6.45, 7) is 4.73. The van der Waals surface area contributed by atoms with Crippen molar-refractivity contribution in [2.45, 2.75) is 19.3 Å². The van der Waals surface area contributed by atoms with Gasteiger partial charge in [-0.3, -0.25) is 0 Å². The Bertz CT molecular complexity index is 2420. The van der Waals surface area contributed by atoms with Gasteiger partial charge in [-0.1, -0.05) is 141 Å². The second-order valence-corrected chi connectivity index (χ2v) is 13.5. The molecule has 8 aromatic carbocycles. The molecule has 49 heavy (non-hydrogen) atoms. The van der Waals surface area contributed by atoms with Gasteiger partial charge in [-0.15, -0.1) is 0 Å². The molecule has 0 heterocycles. The second kappa shape index (κ2) is 11.5. The first kappa shape index (κ1) is 29.1. The van der Waals surface area contributed by atoms with E-state index in [1.807, 2.05) is 0 Å². The maximum atomic E-state index is 3.71. The van der Waals surface area contributed by atoms with Crippen LogP contribution in [0.15, 0.2) is 176 Å². The summed E-state index contributed by atoms with van der Waals surface area (Å²) < 4.78 is 0. The van der Waals surface area contributed by atoms with Crippen LogP contribution in [0.2, 0.25) is 0 Å². The Balaban J connectivity index is 1.14. The molecule has 0 saturated heterocycles. The van der Waals surface area contributed by atoms with Crippen LogP contribution >= 0.6 is 0 Å². The van der Waals surface area contributed by atoms with Crippen LogP contribution in [-0.2, 0) is 5.41 Å². The predicted molar refractivity (Wildman–Crippen MR) is 209 cm³/mol. The molecule has 9 rings (SSSR count). The summed E-state index contributed by atoms with van der Waals surface area (Å²) in [5.74, 6) is 0. The van der Waals surface area contributed by atoms with Gasteiger partial charge in [-0.2, -0.15) is 0 Å². The van der Waals surface area contributed by atoms with E-state index in [2.05, 4.69) is 200 Å². The van der Waals surface area contributed by atoms with Gasteiger partial charge in [0.1, 0.15) is 0 Å². The van der Waals surface area contributed by atoms with Gasteiger partial charge in [0.2, 0.25) is 0 Å². The fourth-order valence-electron chi connectivity index (χ4n) is 7.73. The van der Waals surface area contributed by atoms with E-state index in [1.165, 1.54) is 66.3 Å². The quantitative estimate of drug-likeness (QED) is 0.197. The standard InChI is InChI=1S/C47H36N2/c1-47(2)43-30-37(48-36-20-10-19-35(29-36)32-13-4-3-5-14-32)25-27-41(43)42-28-26-38(31-44(42)47)49(45-23-11-17-33-15-6-8-21-39(33)45)46-24-12-18-34-16-7-9-22-40(34)46/h3-31,48H,1-2H3. The first-order chi connectivity index (χ1) is 24.0. The number of hydrogen-bond donors (Lipinski definition) is 1. The van der Waals surface area contributed by atoms with Crippen LogP contribution in [0.4, 0.5) is 28.4 Å². The third-order valence-corrected chi connectivity index (χ3v) is 10.2. The van der Waals surface area contributed by atoms with E-state index >= 15 is 0 Å². The van der Waals surface area contributed by atoms with E-state index in [9.17, 15) is 0 Å². The zero-order valence-corrected chi connectivity index (χ0v) is 27.7. The van der Waals surface area contributed by atoms with Crippen LogP contribution < -0.4 is 10.2 Å². The van der Waals surface area contributed by atoms with E-state index in [0.717, 1.165) is 17.1 Å². The maximum Gasteiger partial charge on any atom is 0.0540 e. The van der Waals surface area contributed by atoms with Gasteiger partial charge in [0.25, 0.3) is 0 Å². The van der Waals surface area contributed by atoms with Gasteiger partial charge in [0, 0.05) is 33.2 Å². The Morgan fingerprint density at radius 3 is 1.65 bits per heavy atom. The molecular formula is C47H36N2. The van der Waals surface area contributed by atoms with Crippen molar-refractivity contribution in [3.63, 3.8) is 0 Å². The van der Waals surface area contributed by atoms with Gasteiger partial charge in [0.05, 0.1) is 11.4 Å². The van der Waals surface area contributed by atoms with Gasteiger partial charge in [-0.05, 0) is 92.7 Å². The molecular weight excluding hydrogens is 593 g/mol. The summed E-state index contributed by atoms with van der Waals surface area (Å²) in [5.41, 5.74) is 13.2. The molecule has 1 N–H and O–H groups in total. The summed E-state index contributed by atoms with van der Waals surface area (Å²) >= 11 is 0. The minimum absolute atomic E-state index is 0.187. The van der Waals surface area contributed by atoms with E-state index in [0.29, 0.717) is 0 Å². The smallest absolute Gasteiger partial charge is 0.0540 e. The molecule has 0 spiro atoms. The van der Waals surface area contributed by atoms with Crippen molar-refractivity contribution in [2.24, 2.45) is 0 Å². The summed E-state index contributed by atoms with van der Waals surface area (Å²) in [6.07, 6.45) is 0. The highest BCUT2D eigenvalue weighted by atomic mass is 15.1. The normalized spacial score (nSPS) is 12.9. The minimum atomic E-state index is -0.187. The van der Waals surface area contributed by atoms with Crippen LogP contribution in [0.25, 0.3) is 43.8 Å². The monoisotopic (exact) mass is 628 g/mol. The molecule has 0 unspecified atom stereocenters. The molecule has 0 saturated carbocycles. The van der Waals surface area contributed by atoms with Crippen molar-refractivity contribution < 1.29 is 0 Å². The molecule has 1 aliphatic rings. The highest BCUT2D eigenvalue weighted by Crippen LogP contribution is 2.52. The van der Waals surface area contributed by atoms with E-state index in [-0.39, 0.29) is 5.41 Å². The molecule has 0 aromatic heterocycles. The van der Waals surface area contributed by atoms with E-state index < -0.39 is 0 Å². The van der Waals surface area contributed by atoms with Crippen LogP contribution in [0.5, 0.6) is 0 Å². The van der Waals surface area contributed by atoms with Crippen molar-refractivity contribution >= 4 is 50.0 Å². The topological polar surface area (TPSA) is 15.3 Å². The molecule has 2 heteroatoms. The van der Waals surface area contributed by atoms with Gasteiger partial charge in [0.15, 0.2) is 0 Å². The van der Waals surface area contributed by atoms with Crippen molar-refractivity contribution in [3.05, 3.63) is 187 Å². The average Bonchev–Trinajstić information content (AvgIpc) is 3.37. The molecule has 0 fully saturated rings. The number of fused-ring (bicyclic) bond motifs is 5. The third kappa shape index (κ3) is 4.96. The lowest BCUT2D eigenvalue weighted by Crippen LogP contribution is -2.17. The second-order valence-electron chi connectivity index (χ2n) is 13.5. The van der Waals surface area contributed by atoms with Crippen molar-refractivity contribution in [2.75, 3.05) is 10.2 Å². The SMILES string of the molecule is CC1(C)c2cc(Nc3cccc(-c4ccccc4)c3)ccc2-c2ccc(N(c3cccc4ccccc34)c3cccc4ccccc34)cc21. The van der Waals surface area contributed by atoms with Gasteiger partial charge in [-0.25, -0.2) is 0 Å². The Morgan fingerprint density at radius 1 is 0.429 bits per heavy atom. The van der Waals surface area contributed by atoms with Crippen molar-refractivity contribution in [3.8, 4) is 22.3 Å². The lowest BCUT2D eigenvalue weighted by molar-refractivity contribution is 0.660. The first-order valence-electron chi connectivity index (χ1n) is 17.0. The molecule has 0 radical (unpaired) electrons. The number of anilines is 5. The fraction of sp³-hybridized carbons (Fsp3) is 0.0638. The zero-order chi connectivity index (χ0) is 33.0. The highest BCUT2D eigenvalue weighted by Gasteiger charge is 2.36. The third-order valence-electron chi connectivity index (χ3n) is 10.2. The number of nitrogens with zero attached hydrogens (tertiary/aromatic N) is 1. The van der Waals surface area contributed by atoms with Crippen LogP contribution in [-0.4, -0.2) is 0 Å². The number of benzene rings is 8. The minimum Gasteiger partial charge on any atom is -0.356 e. The summed E-state index contributed by atoms with van der Waals surface area (Å²) in [7, 11) is 0. The first-order valence-corrected chi connectivity index (χ1v) is 17.0. The Kier molecular flexibility index (Phi) is 6.84. The fourth-order valence-corrected chi connectivity index (χ4v) is 7.73. The molecule has 234 valence electrons. The summed E-state index contributed by atoms with van der Waals surface area (Å²) in [5, 5.41) is 8.63. The lowest BCUT2D eigenvalue weighted by Gasteiger charge is -2.30. The summed E-state index contributed by atoms with van der Waals surface area (Å²) in [4.78, 5) is 2.46. The molecule has 0 amide bonds. The van der Waals surface area contributed by atoms with Crippen molar-refractivity contribution in [1.29, 1.82) is 0 Å². The molecule has 0 aliphatic heterocycles. The van der Waals surface area contributed by atoms with Crippen LogP contribution in [0, 0.1) is 0 Å². The number of rotatable bonds is 6. The molecule has 2 nitrogen and oxygen atoms in total. The van der Waals surface area contributed by atoms with E-state index in [4.69, 9.17) is 0 Å².